The third kappa shape index (κ3) is 10.2. The molecule has 3 heterocycles. The number of terminal acetylenes is 1. The number of halogens is 1. The van der Waals surface area contributed by atoms with Crippen LogP contribution in [0.4, 0.5) is 10.2 Å². The number of hydrogen-bond acceptors (Lipinski definition) is 8. The molecule has 1 unspecified atom stereocenters. The number of nitrogens with one attached hydrogen (secondary N) is 1. The Labute approximate surface area is 260 Å². The molecule has 10 nitrogen and oxygen atoms in total. The standard InChI is InChI=1S/C33H50FN5O5/c1-4-7-8-9-10-11-12-13-14-15-17-25(18-20-33(6-3,23-40)31(42)44-26-19-21-43-22-26)39-24-35-28-29(36-27(41)16-5-2)37-32(34)38-30(28)39/h3,24-26,40H,4-5,7-23H2,1-2H3,(H,36,37,38,41)/t25-,26?,33+/m1/s1. The predicted molar refractivity (Wildman–Crippen MR) is 167 cm³/mol. The molecule has 44 heavy (non-hydrogen) atoms. The number of ether oxygens (including phenoxy) is 2. The molecule has 2 aromatic rings. The fraction of sp³-hybridized carbons (Fsp3) is 0.727. The van der Waals surface area contributed by atoms with E-state index in [0.29, 0.717) is 38.9 Å². The van der Waals surface area contributed by atoms with E-state index >= 15 is 0 Å². The zero-order chi connectivity index (χ0) is 31.8. The number of carbonyl (C=O) groups excluding carboxylic acids is 2. The van der Waals surface area contributed by atoms with Crippen molar-refractivity contribution in [2.24, 2.45) is 5.41 Å². The maximum atomic E-state index is 14.6. The zero-order valence-electron chi connectivity index (χ0n) is 26.5. The minimum absolute atomic E-state index is 0.0260. The van der Waals surface area contributed by atoms with E-state index in [1.165, 1.54) is 44.9 Å². The second kappa shape index (κ2) is 18.6. The molecule has 0 bridgehead atoms. The molecule has 11 heteroatoms. The highest BCUT2D eigenvalue weighted by Gasteiger charge is 2.40. The lowest BCUT2D eigenvalue weighted by molar-refractivity contribution is -0.160. The van der Waals surface area contributed by atoms with Gasteiger partial charge in [-0.2, -0.15) is 14.4 Å². The fourth-order valence-corrected chi connectivity index (χ4v) is 5.66. The first-order valence-electron chi connectivity index (χ1n) is 16.4. The van der Waals surface area contributed by atoms with Crippen LogP contribution in [-0.4, -0.2) is 62.4 Å². The molecule has 0 radical (unpaired) electrons. The van der Waals surface area contributed by atoms with E-state index in [0.717, 1.165) is 19.3 Å². The van der Waals surface area contributed by atoms with Gasteiger partial charge >= 0.3 is 12.0 Å². The quantitative estimate of drug-likeness (QED) is 0.0727. The van der Waals surface area contributed by atoms with Gasteiger partial charge < -0.3 is 24.5 Å². The van der Waals surface area contributed by atoms with Gasteiger partial charge in [0, 0.05) is 18.9 Å². The first-order chi connectivity index (χ1) is 21.4. The Morgan fingerprint density at radius 1 is 1.14 bits per heavy atom. The summed E-state index contributed by atoms with van der Waals surface area (Å²) in [7, 11) is 0. The molecule has 1 fully saturated rings. The van der Waals surface area contributed by atoms with Gasteiger partial charge in [-0.15, -0.1) is 6.42 Å². The summed E-state index contributed by atoms with van der Waals surface area (Å²) in [5.74, 6) is 1.62. The highest BCUT2D eigenvalue weighted by atomic mass is 19.1. The van der Waals surface area contributed by atoms with Crippen LogP contribution >= 0.6 is 0 Å². The van der Waals surface area contributed by atoms with E-state index in [1.807, 2.05) is 6.92 Å². The second-order valence-electron chi connectivity index (χ2n) is 11.9. The smallest absolute Gasteiger partial charge is 0.327 e. The Bertz CT molecular complexity index is 1230. The van der Waals surface area contributed by atoms with E-state index in [4.69, 9.17) is 15.9 Å². The number of aliphatic hydroxyl groups is 1. The summed E-state index contributed by atoms with van der Waals surface area (Å²) in [5, 5.41) is 13.0. The van der Waals surface area contributed by atoms with E-state index in [9.17, 15) is 19.1 Å². The second-order valence-corrected chi connectivity index (χ2v) is 11.9. The third-order valence-corrected chi connectivity index (χ3v) is 8.42. The van der Waals surface area contributed by atoms with Crippen LogP contribution in [-0.2, 0) is 19.1 Å². The van der Waals surface area contributed by atoms with Crippen molar-refractivity contribution in [1.29, 1.82) is 0 Å². The molecular formula is C33H50FN5O5. The van der Waals surface area contributed by atoms with Gasteiger partial charge in [0.25, 0.3) is 0 Å². The van der Waals surface area contributed by atoms with Gasteiger partial charge in [-0.3, -0.25) is 9.59 Å². The van der Waals surface area contributed by atoms with Gasteiger partial charge in [0.05, 0.1) is 26.1 Å². The van der Waals surface area contributed by atoms with Crippen LogP contribution in [0.25, 0.3) is 11.2 Å². The van der Waals surface area contributed by atoms with Gasteiger partial charge in [-0.1, -0.05) is 84.0 Å². The molecule has 0 aromatic carbocycles. The highest BCUT2D eigenvalue weighted by Crippen LogP contribution is 2.34. The van der Waals surface area contributed by atoms with Crippen LogP contribution in [0.2, 0.25) is 0 Å². The molecule has 244 valence electrons. The van der Waals surface area contributed by atoms with Gasteiger partial charge in [-0.25, -0.2) is 4.98 Å². The molecule has 1 aliphatic heterocycles. The van der Waals surface area contributed by atoms with Crippen LogP contribution < -0.4 is 5.32 Å². The van der Waals surface area contributed by atoms with E-state index in [1.54, 1.807) is 10.9 Å². The monoisotopic (exact) mass is 615 g/mol. The summed E-state index contributed by atoms with van der Waals surface area (Å²) in [6.07, 6.45) is 20.7. The zero-order valence-corrected chi connectivity index (χ0v) is 26.5. The molecule has 0 aliphatic carbocycles. The van der Waals surface area contributed by atoms with E-state index < -0.39 is 24.1 Å². The van der Waals surface area contributed by atoms with Crippen molar-refractivity contribution in [2.75, 3.05) is 25.1 Å². The van der Waals surface area contributed by atoms with Crippen molar-refractivity contribution >= 4 is 28.9 Å². The van der Waals surface area contributed by atoms with Crippen LogP contribution in [0, 0.1) is 23.8 Å². The molecule has 1 aliphatic rings. The number of nitrogens with zero attached hydrogens (tertiary/aromatic N) is 4. The largest absolute Gasteiger partial charge is 0.459 e. The third-order valence-electron chi connectivity index (χ3n) is 8.42. The van der Waals surface area contributed by atoms with Crippen LogP contribution in [0.5, 0.6) is 0 Å². The normalized spacial score (nSPS) is 16.8. The van der Waals surface area contributed by atoms with Crippen molar-refractivity contribution in [2.45, 2.75) is 129 Å². The van der Waals surface area contributed by atoms with Crippen LogP contribution in [0.15, 0.2) is 6.33 Å². The fourth-order valence-electron chi connectivity index (χ4n) is 5.66. The molecule has 1 amide bonds. The Morgan fingerprint density at radius 2 is 1.84 bits per heavy atom. The molecule has 3 atom stereocenters. The summed E-state index contributed by atoms with van der Waals surface area (Å²) in [6.45, 7) is 4.36. The Balaban J connectivity index is 1.75. The average Bonchev–Trinajstić information content (AvgIpc) is 3.68. The number of esters is 1. The van der Waals surface area contributed by atoms with Crippen molar-refractivity contribution in [3.8, 4) is 12.3 Å². The predicted octanol–water partition coefficient (Wildman–Crippen LogP) is 6.28. The number of fused-ring (bicyclic) bond motifs is 1. The number of anilines is 1. The number of amides is 1. The first kappa shape index (κ1) is 35.4. The topological polar surface area (TPSA) is 128 Å². The molecule has 1 saturated heterocycles. The lowest BCUT2D eigenvalue weighted by Gasteiger charge is -2.28. The van der Waals surface area contributed by atoms with E-state index in [2.05, 4.69) is 33.1 Å². The SMILES string of the molecule is C#C[C@@](CO)(CC[C@@H](CCCCCCCCCCCC)n1cnc2c(NC(=O)CCC)nc(F)nc21)C(=O)OC1CCOC1. The molecule has 0 saturated carbocycles. The number of hydrogen-bond donors (Lipinski definition) is 2. The van der Waals surface area contributed by atoms with Crippen molar-refractivity contribution < 1.29 is 28.6 Å². The van der Waals surface area contributed by atoms with Crippen LogP contribution in [0.3, 0.4) is 0 Å². The number of aliphatic hydroxyl groups excluding tert-OH is 1. The highest BCUT2D eigenvalue weighted by molar-refractivity contribution is 5.96. The summed E-state index contributed by atoms with van der Waals surface area (Å²) in [5.41, 5.74) is -0.980. The van der Waals surface area contributed by atoms with Gasteiger partial charge in [-0.05, 0) is 25.7 Å². The lowest BCUT2D eigenvalue weighted by Crippen LogP contribution is -2.38. The lowest BCUT2D eigenvalue weighted by atomic mass is 9.82. The van der Waals surface area contributed by atoms with Gasteiger partial charge in [0.15, 0.2) is 22.4 Å². The van der Waals surface area contributed by atoms with E-state index in [-0.39, 0.29) is 47.9 Å². The summed E-state index contributed by atoms with van der Waals surface area (Å²) in [6, 6.07) is -0.246. The van der Waals surface area contributed by atoms with Crippen LogP contribution in [0.1, 0.15) is 123 Å². The molecule has 3 rings (SSSR count). The molecule has 2 N–H and O–H groups in total. The number of aromatic nitrogens is 4. The Morgan fingerprint density at radius 3 is 2.45 bits per heavy atom. The molecule has 2 aromatic heterocycles. The average molecular weight is 616 g/mol. The summed E-state index contributed by atoms with van der Waals surface area (Å²) < 4.78 is 27.3. The minimum atomic E-state index is -1.52. The van der Waals surface area contributed by atoms with Crippen molar-refractivity contribution in [3.63, 3.8) is 0 Å². The maximum Gasteiger partial charge on any atom is 0.327 e. The number of unbranched alkanes of at least 4 members (excludes halogenated alkanes) is 9. The molecule has 0 spiro atoms. The maximum absolute atomic E-state index is 14.6. The Hall–Kier alpha value is -3.10. The minimum Gasteiger partial charge on any atom is -0.459 e. The number of imidazole rings is 1. The first-order valence-corrected chi connectivity index (χ1v) is 16.4. The summed E-state index contributed by atoms with van der Waals surface area (Å²) >= 11 is 0. The van der Waals surface area contributed by atoms with Crippen molar-refractivity contribution in [3.05, 3.63) is 12.4 Å². The van der Waals surface area contributed by atoms with Gasteiger partial charge in [0.2, 0.25) is 5.91 Å². The Kier molecular flexibility index (Phi) is 15.0. The van der Waals surface area contributed by atoms with Gasteiger partial charge in [0.1, 0.15) is 6.10 Å². The van der Waals surface area contributed by atoms with Crippen molar-refractivity contribution in [1.82, 2.24) is 19.5 Å². The molecular weight excluding hydrogens is 565 g/mol. The summed E-state index contributed by atoms with van der Waals surface area (Å²) in [4.78, 5) is 37.7. The number of carbonyl (C=O) groups is 2. The number of rotatable bonds is 21.